The van der Waals surface area contributed by atoms with E-state index >= 15 is 0 Å². The Hall–Kier alpha value is -0.130. The molecule has 1 rings (SSSR count). The molecule has 4 nitrogen and oxygen atoms in total. The normalized spacial score (nSPS) is 30.2. The van der Waals surface area contributed by atoms with Crippen LogP contribution in [0.25, 0.3) is 0 Å². The van der Waals surface area contributed by atoms with E-state index < -0.39 is 9.84 Å². The highest BCUT2D eigenvalue weighted by molar-refractivity contribution is 7.91. The van der Waals surface area contributed by atoms with Crippen molar-refractivity contribution in [1.82, 2.24) is 5.32 Å². The van der Waals surface area contributed by atoms with Crippen LogP contribution in [0.15, 0.2) is 0 Å². The van der Waals surface area contributed by atoms with Gasteiger partial charge in [-0.2, -0.15) is 0 Å². The van der Waals surface area contributed by atoms with Gasteiger partial charge in [-0.3, -0.25) is 0 Å². The lowest BCUT2D eigenvalue weighted by atomic mass is 10.0. The predicted molar refractivity (Wildman–Crippen MR) is 65.1 cm³/mol. The number of sulfone groups is 1. The lowest BCUT2D eigenvalue weighted by Crippen LogP contribution is -2.46. The minimum Gasteiger partial charge on any atom is -0.396 e. The Kier molecular flexibility index (Phi) is 4.76. The first kappa shape index (κ1) is 13.9. The summed E-state index contributed by atoms with van der Waals surface area (Å²) in [6.45, 7) is 4.09. The van der Waals surface area contributed by atoms with E-state index in [-0.39, 0.29) is 29.9 Å². The van der Waals surface area contributed by atoms with Gasteiger partial charge < -0.3 is 10.4 Å². The Balaban J connectivity index is 2.60. The Bertz CT molecular complexity index is 315. The van der Waals surface area contributed by atoms with E-state index in [1.807, 2.05) is 13.8 Å². The SMILES string of the molecule is CC(CO)C(C)NC1CCCC1S(C)(=O)=O. The van der Waals surface area contributed by atoms with Crippen LogP contribution in [0.4, 0.5) is 0 Å². The molecule has 0 heterocycles. The molecule has 0 aromatic carbocycles. The molecule has 5 heteroatoms. The van der Waals surface area contributed by atoms with Gasteiger partial charge in [0.05, 0.1) is 5.25 Å². The van der Waals surface area contributed by atoms with Crippen molar-refractivity contribution in [2.24, 2.45) is 5.92 Å². The van der Waals surface area contributed by atoms with Gasteiger partial charge in [-0.05, 0) is 25.7 Å². The second-order valence-electron chi connectivity index (χ2n) is 5.02. The van der Waals surface area contributed by atoms with Crippen molar-refractivity contribution in [3.8, 4) is 0 Å². The topological polar surface area (TPSA) is 66.4 Å². The molecule has 1 aliphatic rings. The van der Waals surface area contributed by atoms with Crippen molar-refractivity contribution in [2.45, 2.75) is 50.4 Å². The van der Waals surface area contributed by atoms with Gasteiger partial charge in [0, 0.05) is 24.9 Å². The van der Waals surface area contributed by atoms with Crippen LogP contribution in [0.1, 0.15) is 33.1 Å². The maximum absolute atomic E-state index is 11.6. The van der Waals surface area contributed by atoms with Crippen LogP contribution in [0.5, 0.6) is 0 Å². The highest BCUT2D eigenvalue weighted by Gasteiger charge is 2.35. The van der Waals surface area contributed by atoms with E-state index in [1.54, 1.807) is 0 Å². The molecule has 0 aromatic heterocycles. The zero-order valence-corrected chi connectivity index (χ0v) is 11.1. The smallest absolute Gasteiger partial charge is 0.151 e. The molecule has 0 saturated heterocycles. The second-order valence-corrected chi connectivity index (χ2v) is 7.29. The fourth-order valence-corrected chi connectivity index (χ4v) is 3.70. The average molecular weight is 249 g/mol. The Morgan fingerprint density at radius 2 is 2.00 bits per heavy atom. The molecule has 0 bridgehead atoms. The molecular weight excluding hydrogens is 226 g/mol. The van der Waals surface area contributed by atoms with Gasteiger partial charge in [-0.25, -0.2) is 8.42 Å². The van der Waals surface area contributed by atoms with Gasteiger partial charge in [0.1, 0.15) is 0 Å². The number of hydrogen-bond acceptors (Lipinski definition) is 4. The van der Waals surface area contributed by atoms with E-state index in [1.165, 1.54) is 6.26 Å². The Morgan fingerprint density at radius 1 is 1.38 bits per heavy atom. The lowest BCUT2D eigenvalue weighted by Gasteiger charge is -2.27. The van der Waals surface area contributed by atoms with Crippen LogP contribution in [0.3, 0.4) is 0 Å². The molecule has 1 saturated carbocycles. The summed E-state index contributed by atoms with van der Waals surface area (Å²) in [5.74, 6) is 0.154. The Labute approximate surface area is 98.4 Å². The molecule has 0 radical (unpaired) electrons. The highest BCUT2D eigenvalue weighted by Crippen LogP contribution is 2.25. The number of nitrogens with one attached hydrogen (secondary N) is 1. The predicted octanol–water partition coefficient (Wildman–Crippen LogP) is 0.559. The van der Waals surface area contributed by atoms with Crippen molar-refractivity contribution in [3.05, 3.63) is 0 Å². The van der Waals surface area contributed by atoms with Crippen LogP contribution >= 0.6 is 0 Å². The molecule has 96 valence electrons. The Morgan fingerprint density at radius 3 is 2.50 bits per heavy atom. The maximum atomic E-state index is 11.6. The molecule has 1 aliphatic carbocycles. The summed E-state index contributed by atoms with van der Waals surface area (Å²) in [5.41, 5.74) is 0. The zero-order chi connectivity index (χ0) is 12.3. The lowest BCUT2D eigenvalue weighted by molar-refractivity contribution is 0.201. The van der Waals surface area contributed by atoms with E-state index in [2.05, 4.69) is 5.32 Å². The van der Waals surface area contributed by atoms with Gasteiger partial charge in [0.2, 0.25) is 0 Å². The van der Waals surface area contributed by atoms with Crippen LogP contribution in [-0.2, 0) is 9.84 Å². The van der Waals surface area contributed by atoms with Crippen molar-refractivity contribution < 1.29 is 13.5 Å². The first-order valence-corrected chi connectivity index (χ1v) is 7.87. The summed E-state index contributed by atoms with van der Waals surface area (Å²) >= 11 is 0. The number of hydrogen-bond donors (Lipinski definition) is 2. The fraction of sp³-hybridized carbons (Fsp3) is 1.00. The minimum absolute atomic E-state index is 0.0546. The maximum Gasteiger partial charge on any atom is 0.151 e. The third-order valence-electron chi connectivity index (χ3n) is 3.62. The monoisotopic (exact) mass is 249 g/mol. The van der Waals surface area contributed by atoms with Crippen LogP contribution in [0, 0.1) is 5.92 Å². The van der Waals surface area contributed by atoms with Crippen molar-refractivity contribution in [2.75, 3.05) is 12.9 Å². The molecule has 4 atom stereocenters. The molecule has 0 amide bonds. The van der Waals surface area contributed by atoms with Crippen LogP contribution in [0.2, 0.25) is 0 Å². The first-order valence-electron chi connectivity index (χ1n) is 5.92. The van der Waals surface area contributed by atoms with Crippen molar-refractivity contribution in [3.63, 3.8) is 0 Å². The third-order valence-corrected chi connectivity index (χ3v) is 5.29. The van der Waals surface area contributed by atoms with Gasteiger partial charge in [0.15, 0.2) is 9.84 Å². The largest absolute Gasteiger partial charge is 0.396 e. The molecular formula is C11H23NO3S. The summed E-state index contributed by atoms with van der Waals surface area (Å²) < 4.78 is 23.2. The molecule has 1 fully saturated rings. The molecule has 0 aromatic rings. The van der Waals surface area contributed by atoms with Gasteiger partial charge in [-0.15, -0.1) is 0 Å². The van der Waals surface area contributed by atoms with Gasteiger partial charge in [0.25, 0.3) is 0 Å². The summed E-state index contributed by atoms with van der Waals surface area (Å²) in [7, 11) is -2.95. The van der Waals surface area contributed by atoms with Gasteiger partial charge >= 0.3 is 0 Å². The fourth-order valence-electron chi connectivity index (χ4n) is 2.29. The summed E-state index contributed by atoms with van der Waals surface area (Å²) in [6.07, 6.45) is 3.96. The standard InChI is InChI=1S/C11H23NO3S/c1-8(7-13)9(2)12-10-5-4-6-11(10)16(3,14)15/h8-13H,4-7H2,1-3H3. The van der Waals surface area contributed by atoms with E-state index in [4.69, 9.17) is 5.11 Å². The number of rotatable bonds is 5. The van der Waals surface area contributed by atoms with Gasteiger partial charge in [-0.1, -0.05) is 13.3 Å². The minimum atomic E-state index is -2.95. The zero-order valence-electron chi connectivity index (χ0n) is 10.3. The summed E-state index contributed by atoms with van der Waals surface area (Å²) in [4.78, 5) is 0. The van der Waals surface area contributed by atoms with Crippen LogP contribution < -0.4 is 5.32 Å². The van der Waals surface area contributed by atoms with Crippen LogP contribution in [-0.4, -0.2) is 43.7 Å². The van der Waals surface area contributed by atoms with Crippen molar-refractivity contribution >= 4 is 9.84 Å². The quantitative estimate of drug-likeness (QED) is 0.747. The number of aliphatic hydroxyl groups is 1. The van der Waals surface area contributed by atoms with Crippen molar-refractivity contribution in [1.29, 1.82) is 0 Å². The second kappa shape index (κ2) is 5.47. The summed E-state index contributed by atoms with van der Waals surface area (Å²) in [6, 6.07) is 0.205. The molecule has 0 spiro atoms. The highest BCUT2D eigenvalue weighted by atomic mass is 32.2. The molecule has 2 N–H and O–H groups in total. The molecule has 0 aliphatic heterocycles. The first-order chi connectivity index (χ1) is 7.36. The van der Waals surface area contributed by atoms with E-state index in [0.717, 1.165) is 19.3 Å². The molecule has 4 unspecified atom stereocenters. The average Bonchev–Trinajstić information content (AvgIpc) is 2.63. The van der Waals surface area contributed by atoms with E-state index in [9.17, 15) is 8.42 Å². The number of aliphatic hydroxyl groups excluding tert-OH is 1. The third kappa shape index (κ3) is 3.43. The summed E-state index contributed by atoms with van der Waals surface area (Å²) in [5, 5.41) is 12.1. The molecule has 16 heavy (non-hydrogen) atoms. The van der Waals surface area contributed by atoms with E-state index in [0.29, 0.717) is 0 Å².